The smallest absolute Gasteiger partial charge is 0.422 e. The minimum absolute atomic E-state index is 0.0472. The molecule has 10 heteroatoms. The number of carbonyl (C=O) groups excluding carboxylic acids is 1. The third kappa shape index (κ3) is 5.47. The van der Waals surface area contributed by atoms with E-state index in [-0.39, 0.29) is 18.2 Å². The number of hydrogen-bond acceptors (Lipinski definition) is 6. The van der Waals surface area contributed by atoms with Gasteiger partial charge < -0.3 is 14.4 Å². The summed E-state index contributed by atoms with van der Waals surface area (Å²) in [6.45, 7) is -0.782. The summed E-state index contributed by atoms with van der Waals surface area (Å²) in [5.41, 5.74) is 2.10. The summed E-state index contributed by atoms with van der Waals surface area (Å²) in [5, 5.41) is 8.19. The quantitative estimate of drug-likeness (QED) is 0.299. The average molecular weight is 521 g/mol. The first-order valence-corrected chi connectivity index (χ1v) is 12.0. The van der Waals surface area contributed by atoms with Crippen molar-refractivity contribution in [3.05, 3.63) is 71.9 Å². The van der Waals surface area contributed by atoms with Gasteiger partial charge in [-0.1, -0.05) is 12.1 Å². The lowest BCUT2D eigenvalue weighted by atomic mass is 10.0. The summed E-state index contributed by atoms with van der Waals surface area (Å²) in [6.07, 6.45) is 4.27. The standard InChI is InChI=1S/C28H23F3N4O3/c1-2-3-13-27(33-34-27)14-16-37-20-10-8-19(9-11-20)35-17-23-21(26(35)36)12-15-32-25(23)22-6-4-5-7-24(22)38-18-28(29,30)31/h1,4-12,15H,3,13-14,16-18H2. The molecule has 1 aromatic heterocycles. The molecule has 38 heavy (non-hydrogen) atoms. The van der Waals surface area contributed by atoms with Crippen molar-refractivity contribution >= 4 is 11.6 Å². The second-order valence-corrected chi connectivity index (χ2v) is 8.96. The average Bonchev–Trinajstić information content (AvgIpc) is 3.60. The molecule has 0 N–H and O–H groups in total. The molecule has 2 aliphatic heterocycles. The molecule has 0 spiro atoms. The lowest BCUT2D eigenvalue weighted by Crippen LogP contribution is -2.22. The van der Waals surface area contributed by atoms with Gasteiger partial charge in [0, 0.05) is 47.8 Å². The monoisotopic (exact) mass is 520 g/mol. The van der Waals surface area contributed by atoms with Crippen LogP contribution in [0.2, 0.25) is 0 Å². The number of carbonyl (C=O) groups is 1. The number of halogens is 3. The van der Waals surface area contributed by atoms with E-state index in [1.807, 2.05) is 0 Å². The molecular weight excluding hydrogens is 497 g/mol. The molecule has 2 aromatic carbocycles. The lowest BCUT2D eigenvalue weighted by molar-refractivity contribution is -0.153. The first-order valence-electron chi connectivity index (χ1n) is 12.0. The van der Waals surface area contributed by atoms with Gasteiger partial charge in [0.2, 0.25) is 0 Å². The van der Waals surface area contributed by atoms with Crippen LogP contribution in [-0.2, 0) is 6.54 Å². The highest BCUT2D eigenvalue weighted by molar-refractivity contribution is 6.11. The number of aromatic nitrogens is 1. The minimum Gasteiger partial charge on any atom is -0.493 e. The first kappa shape index (κ1) is 25.3. The fraction of sp³-hybridized carbons (Fsp3) is 0.286. The van der Waals surface area contributed by atoms with Crippen molar-refractivity contribution in [1.82, 2.24) is 4.98 Å². The van der Waals surface area contributed by atoms with Gasteiger partial charge in [-0.3, -0.25) is 9.78 Å². The number of benzene rings is 2. The summed E-state index contributed by atoms with van der Waals surface area (Å²) < 4.78 is 49.2. The zero-order chi connectivity index (χ0) is 26.8. The molecule has 5 rings (SSSR count). The Morgan fingerprint density at radius 2 is 1.76 bits per heavy atom. The fourth-order valence-electron chi connectivity index (χ4n) is 4.34. The molecule has 1 amide bonds. The number of ether oxygens (including phenoxy) is 2. The van der Waals surface area contributed by atoms with Gasteiger partial charge in [-0.15, -0.1) is 12.3 Å². The number of rotatable bonds is 10. The van der Waals surface area contributed by atoms with Crippen LogP contribution in [0.5, 0.6) is 11.5 Å². The van der Waals surface area contributed by atoms with Crippen LogP contribution in [0.4, 0.5) is 18.9 Å². The number of hydrogen-bond donors (Lipinski definition) is 0. The predicted molar refractivity (Wildman–Crippen MR) is 134 cm³/mol. The van der Waals surface area contributed by atoms with E-state index >= 15 is 0 Å². The number of pyridine rings is 1. The molecule has 0 radical (unpaired) electrons. The number of amides is 1. The van der Waals surface area contributed by atoms with Crippen LogP contribution in [0.25, 0.3) is 11.3 Å². The highest BCUT2D eigenvalue weighted by Crippen LogP contribution is 2.39. The molecule has 0 saturated heterocycles. The van der Waals surface area contributed by atoms with Crippen molar-refractivity contribution in [2.75, 3.05) is 18.1 Å². The highest BCUT2D eigenvalue weighted by atomic mass is 19.4. The summed E-state index contributed by atoms with van der Waals surface area (Å²) >= 11 is 0. The molecular formula is C28H23F3N4O3. The molecule has 0 saturated carbocycles. The zero-order valence-corrected chi connectivity index (χ0v) is 20.2. The second-order valence-electron chi connectivity index (χ2n) is 8.96. The summed E-state index contributed by atoms with van der Waals surface area (Å²) in [7, 11) is 0. The van der Waals surface area contributed by atoms with Crippen LogP contribution in [0.3, 0.4) is 0 Å². The Balaban J connectivity index is 1.29. The van der Waals surface area contributed by atoms with Crippen LogP contribution >= 0.6 is 0 Å². The van der Waals surface area contributed by atoms with E-state index in [0.717, 1.165) is 0 Å². The summed E-state index contributed by atoms with van der Waals surface area (Å²) in [4.78, 5) is 19.2. The third-order valence-electron chi connectivity index (χ3n) is 6.35. The molecule has 0 atom stereocenters. The predicted octanol–water partition coefficient (Wildman–Crippen LogP) is 6.19. The normalized spacial score (nSPS) is 15.2. The lowest BCUT2D eigenvalue weighted by Gasteiger charge is -2.17. The maximum absolute atomic E-state index is 13.2. The van der Waals surface area contributed by atoms with Crippen molar-refractivity contribution in [3.8, 4) is 35.1 Å². The number of fused-ring (bicyclic) bond motifs is 1. The summed E-state index contributed by atoms with van der Waals surface area (Å²) in [6, 6.07) is 15.1. The first-order chi connectivity index (χ1) is 18.3. The van der Waals surface area contributed by atoms with Crippen molar-refractivity contribution in [2.45, 2.75) is 37.6 Å². The van der Waals surface area contributed by atoms with Crippen LogP contribution in [-0.4, -0.2) is 35.9 Å². The molecule has 194 valence electrons. The van der Waals surface area contributed by atoms with E-state index in [1.54, 1.807) is 53.4 Å². The Labute approximate surface area is 217 Å². The van der Waals surface area contributed by atoms with Crippen LogP contribution < -0.4 is 14.4 Å². The van der Waals surface area contributed by atoms with E-state index in [0.29, 0.717) is 59.7 Å². The van der Waals surface area contributed by atoms with Crippen molar-refractivity contribution in [2.24, 2.45) is 10.2 Å². The fourth-order valence-corrected chi connectivity index (χ4v) is 4.34. The van der Waals surface area contributed by atoms with Gasteiger partial charge in [0.1, 0.15) is 11.5 Å². The number of nitrogens with zero attached hydrogens (tertiary/aromatic N) is 4. The maximum atomic E-state index is 13.2. The minimum atomic E-state index is -4.48. The Bertz CT molecular complexity index is 1410. The molecule has 2 aliphatic rings. The molecule has 0 unspecified atom stereocenters. The third-order valence-corrected chi connectivity index (χ3v) is 6.35. The molecule has 0 aliphatic carbocycles. The van der Waals surface area contributed by atoms with E-state index < -0.39 is 18.4 Å². The largest absolute Gasteiger partial charge is 0.493 e. The summed E-state index contributed by atoms with van der Waals surface area (Å²) in [5.74, 6) is 3.06. The number of terminal acetylenes is 1. The van der Waals surface area contributed by atoms with Gasteiger partial charge >= 0.3 is 6.18 Å². The van der Waals surface area contributed by atoms with E-state index in [1.165, 1.54) is 12.3 Å². The molecule has 0 bridgehead atoms. The van der Waals surface area contributed by atoms with Gasteiger partial charge in [-0.25, -0.2) is 0 Å². The van der Waals surface area contributed by atoms with Gasteiger partial charge in [0.15, 0.2) is 12.3 Å². The molecule has 0 fully saturated rings. The number of alkyl halides is 3. The molecule has 7 nitrogen and oxygen atoms in total. The topological polar surface area (TPSA) is 76.4 Å². The highest BCUT2D eigenvalue weighted by Gasteiger charge is 2.39. The van der Waals surface area contributed by atoms with Crippen LogP contribution in [0, 0.1) is 12.3 Å². The molecule has 3 aromatic rings. The van der Waals surface area contributed by atoms with Gasteiger partial charge in [-0.2, -0.15) is 23.4 Å². The van der Waals surface area contributed by atoms with E-state index in [4.69, 9.17) is 15.9 Å². The maximum Gasteiger partial charge on any atom is 0.422 e. The van der Waals surface area contributed by atoms with Crippen molar-refractivity contribution in [1.29, 1.82) is 0 Å². The Morgan fingerprint density at radius 1 is 1.00 bits per heavy atom. The van der Waals surface area contributed by atoms with Crippen molar-refractivity contribution < 1.29 is 27.4 Å². The Morgan fingerprint density at radius 3 is 2.47 bits per heavy atom. The van der Waals surface area contributed by atoms with E-state index in [9.17, 15) is 18.0 Å². The van der Waals surface area contributed by atoms with Gasteiger partial charge in [-0.05, 0) is 42.5 Å². The van der Waals surface area contributed by atoms with E-state index in [2.05, 4.69) is 21.1 Å². The Kier molecular flexibility index (Phi) is 6.76. The van der Waals surface area contributed by atoms with Gasteiger partial charge in [0.05, 0.1) is 18.8 Å². The van der Waals surface area contributed by atoms with Crippen molar-refractivity contribution in [3.63, 3.8) is 0 Å². The SMILES string of the molecule is C#CCCC1(CCOc2ccc(N3Cc4c(ccnc4-c4ccccc4OCC(F)(F)F)C3=O)cc2)N=N1. The zero-order valence-electron chi connectivity index (χ0n) is 20.2. The van der Waals surface area contributed by atoms with Crippen LogP contribution in [0.1, 0.15) is 35.2 Å². The molecule has 3 heterocycles. The second kappa shape index (κ2) is 10.2. The van der Waals surface area contributed by atoms with Crippen LogP contribution in [0.15, 0.2) is 71.0 Å². The number of para-hydroxylation sites is 1. The number of anilines is 1. The Hall–Kier alpha value is -4.39. The van der Waals surface area contributed by atoms with Gasteiger partial charge in [0.25, 0.3) is 5.91 Å².